The number of amides is 1. The Balaban J connectivity index is 1.02. The molecule has 0 aromatic heterocycles. The molecule has 0 spiro atoms. The predicted octanol–water partition coefficient (Wildman–Crippen LogP) is 13.9. The number of halogens is 2. The summed E-state index contributed by atoms with van der Waals surface area (Å²) in [4.78, 5) is 17.6. The number of benzene rings is 3. The lowest BCUT2D eigenvalue weighted by molar-refractivity contribution is -0.438. The normalized spacial score (nSPS) is 17.6. The van der Waals surface area contributed by atoms with Gasteiger partial charge in [-0.25, -0.2) is 0 Å². The molecular formula is C58H75Cl2N4O2+. The highest BCUT2D eigenvalue weighted by atomic mass is 35.5. The maximum absolute atomic E-state index is 12.8. The second-order valence-electron chi connectivity index (χ2n) is 19.4. The Morgan fingerprint density at radius 3 is 2.42 bits per heavy atom. The number of hydrogen-bond acceptors (Lipinski definition) is 4. The molecule has 2 heterocycles. The van der Waals surface area contributed by atoms with Crippen molar-refractivity contribution in [2.24, 2.45) is 0 Å². The van der Waals surface area contributed by atoms with Crippen LogP contribution in [0.4, 0.5) is 11.4 Å². The van der Waals surface area contributed by atoms with E-state index in [9.17, 15) is 4.79 Å². The van der Waals surface area contributed by atoms with E-state index >= 15 is 0 Å². The number of rotatable bonds is 24. The van der Waals surface area contributed by atoms with Crippen molar-refractivity contribution < 1.29 is 14.1 Å². The molecule has 1 amide bonds. The third-order valence-corrected chi connectivity index (χ3v) is 14.5. The number of nitrogens with zero attached hydrogens (tertiary/aromatic N) is 3. The Morgan fingerprint density at radius 1 is 0.879 bits per heavy atom. The minimum Gasteiger partial charge on any atom is -0.492 e. The summed E-state index contributed by atoms with van der Waals surface area (Å²) in [5, 5.41) is 4.66. The third kappa shape index (κ3) is 12.9. The molecule has 0 bridgehead atoms. The van der Waals surface area contributed by atoms with E-state index in [2.05, 4.69) is 133 Å². The lowest BCUT2D eigenvalue weighted by Crippen LogP contribution is -2.31. The van der Waals surface area contributed by atoms with Crippen LogP contribution in [0.1, 0.15) is 135 Å². The number of hydrogen-bond donors (Lipinski definition) is 1. The molecule has 66 heavy (non-hydrogen) atoms. The van der Waals surface area contributed by atoms with E-state index in [1.165, 1.54) is 70.7 Å². The standard InChI is InChI=1S/C58H74Cl2N4O2/c1-8-10-11-18-40-63-50-27-16-14-25-47(50)57(4,5)53(63)34-31-45-23-20-24-46(56(45)60)32-35-54-58(6,7)48-26-15-17-28-51(48)64(54)41-19-12-13-29-55(65)61-36-21-38-62(37-9-2)39-22-42-66-52-33-30-44(3)43-49(52)59/h2,14-17,25-28,30-35,43H,8,10-13,18-24,29,36-42H2,1,3-7H3/p+1. The molecule has 3 aromatic rings. The number of aryl methyl sites for hydroxylation is 1. The number of fused-ring (bicyclic) bond motifs is 2. The molecule has 1 aliphatic carbocycles. The van der Waals surface area contributed by atoms with E-state index in [0.717, 1.165) is 88.1 Å². The monoisotopic (exact) mass is 930 g/mol. The van der Waals surface area contributed by atoms with Gasteiger partial charge in [0.25, 0.3) is 0 Å². The van der Waals surface area contributed by atoms with Crippen LogP contribution in [0.25, 0.3) is 0 Å². The summed E-state index contributed by atoms with van der Waals surface area (Å²) < 4.78 is 8.40. The van der Waals surface area contributed by atoms with E-state index in [-0.39, 0.29) is 16.7 Å². The molecule has 6 nitrogen and oxygen atoms in total. The fraction of sp³-hybridized carbons (Fsp3) is 0.483. The van der Waals surface area contributed by atoms with Crippen molar-refractivity contribution >= 4 is 46.2 Å². The number of ether oxygens (including phenoxy) is 1. The van der Waals surface area contributed by atoms with Crippen LogP contribution < -0.4 is 15.0 Å². The first-order valence-corrected chi connectivity index (χ1v) is 25.5. The first-order chi connectivity index (χ1) is 31.9. The van der Waals surface area contributed by atoms with Gasteiger partial charge in [-0.2, -0.15) is 4.58 Å². The summed E-state index contributed by atoms with van der Waals surface area (Å²) in [6, 6.07) is 23.6. The number of terminal acetylenes is 1. The van der Waals surface area contributed by atoms with E-state index < -0.39 is 0 Å². The van der Waals surface area contributed by atoms with Crippen LogP contribution in [-0.4, -0.2) is 67.0 Å². The van der Waals surface area contributed by atoms with Gasteiger partial charge in [0.1, 0.15) is 12.3 Å². The Labute approximate surface area is 407 Å². The zero-order valence-corrected chi connectivity index (χ0v) is 42.3. The van der Waals surface area contributed by atoms with Gasteiger partial charge in [0.15, 0.2) is 5.71 Å². The fourth-order valence-corrected chi connectivity index (χ4v) is 10.6. The van der Waals surface area contributed by atoms with Crippen molar-refractivity contribution in [1.82, 2.24) is 10.2 Å². The highest BCUT2D eigenvalue weighted by Crippen LogP contribution is 2.48. The first-order valence-electron chi connectivity index (χ1n) is 24.8. The minimum atomic E-state index is -0.152. The maximum atomic E-state index is 12.8. The summed E-state index contributed by atoms with van der Waals surface area (Å²) in [5.74, 6) is 3.59. The van der Waals surface area contributed by atoms with E-state index in [0.29, 0.717) is 36.9 Å². The molecule has 8 heteroatoms. The van der Waals surface area contributed by atoms with Crippen LogP contribution in [0.2, 0.25) is 5.02 Å². The summed E-state index contributed by atoms with van der Waals surface area (Å²) in [7, 11) is 0. The number of para-hydroxylation sites is 2. The van der Waals surface area contributed by atoms with Gasteiger partial charge >= 0.3 is 0 Å². The zero-order valence-electron chi connectivity index (χ0n) is 40.8. The van der Waals surface area contributed by atoms with Crippen molar-refractivity contribution in [3.05, 3.63) is 135 Å². The third-order valence-electron chi connectivity index (χ3n) is 13.7. The average molecular weight is 931 g/mol. The Bertz CT molecular complexity index is 2340. The minimum absolute atomic E-state index is 0.0795. The molecule has 0 radical (unpaired) electrons. The molecule has 0 saturated carbocycles. The Kier molecular flexibility index (Phi) is 18.9. The Hall–Kier alpha value is -4.54. The Morgan fingerprint density at radius 2 is 1.64 bits per heavy atom. The molecule has 1 N–H and O–H groups in total. The van der Waals surface area contributed by atoms with Gasteiger partial charge in [-0.05, 0) is 119 Å². The second kappa shape index (κ2) is 24.5. The second-order valence-corrected chi connectivity index (χ2v) is 20.2. The molecule has 0 atom stereocenters. The number of carbonyl (C=O) groups excluding carboxylic acids is 1. The molecule has 3 aliphatic rings. The van der Waals surface area contributed by atoms with Crippen LogP contribution in [0.3, 0.4) is 0 Å². The van der Waals surface area contributed by atoms with Gasteiger partial charge in [0.05, 0.1) is 23.6 Å². The van der Waals surface area contributed by atoms with Crippen molar-refractivity contribution in [3.8, 4) is 18.1 Å². The van der Waals surface area contributed by atoms with Crippen LogP contribution in [0, 0.1) is 19.3 Å². The van der Waals surface area contributed by atoms with Gasteiger partial charge in [0, 0.05) is 78.6 Å². The number of nitrogens with one attached hydrogen (secondary N) is 1. The summed E-state index contributed by atoms with van der Waals surface area (Å²) in [5.41, 5.74) is 11.3. The van der Waals surface area contributed by atoms with Gasteiger partial charge in [-0.3, -0.25) is 9.69 Å². The number of anilines is 1. The number of allylic oxidation sites excluding steroid dienone is 8. The summed E-state index contributed by atoms with van der Waals surface area (Å²) in [6.07, 6.45) is 28.0. The molecular weight excluding hydrogens is 856 g/mol. The molecule has 352 valence electrons. The average Bonchev–Trinajstić information content (AvgIpc) is 3.65. The van der Waals surface area contributed by atoms with E-state index in [1.807, 2.05) is 25.1 Å². The van der Waals surface area contributed by atoms with Crippen molar-refractivity contribution in [1.29, 1.82) is 0 Å². The van der Waals surface area contributed by atoms with Crippen LogP contribution >= 0.6 is 23.2 Å². The highest BCUT2D eigenvalue weighted by molar-refractivity contribution is 6.32. The highest BCUT2D eigenvalue weighted by Gasteiger charge is 2.44. The topological polar surface area (TPSA) is 47.8 Å². The van der Waals surface area contributed by atoms with Gasteiger partial charge in [-0.15, -0.1) is 6.42 Å². The van der Waals surface area contributed by atoms with Crippen LogP contribution in [0.15, 0.2) is 113 Å². The van der Waals surface area contributed by atoms with Crippen LogP contribution in [0.5, 0.6) is 5.75 Å². The fourth-order valence-electron chi connectivity index (χ4n) is 9.97. The summed E-state index contributed by atoms with van der Waals surface area (Å²) >= 11 is 13.6. The molecule has 0 fully saturated rings. The predicted molar refractivity (Wildman–Crippen MR) is 280 cm³/mol. The smallest absolute Gasteiger partial charge is 0.219 e. The van der Waals surface area contributed by atoms with Gasteiger partial charge in [0.2, 0.25) is 11.6 Å². The number of carbonyl (C=O) groups is 1. The largest absolute Gasteiger partial charge is 0.492 e. The van der Waals surface area contributed by atoms with Gasteiger partial charge < -0.3 is 15.0 Å². The van der Waals surface area contributed by atoms with Crippen molar-refractivity contribution in [3.63, 3.8) is 0 Å². The summed E-state index contributed by atoms with van der Waals surface area (Å²) in [6.45, 7) is 19.0. The zero-order chi connectivity index (χ0) is 47.1. The number of unbranched alkanes of at least 4 members (excludes halogenated alkanes) is 5. The van der Waals surface area contributed by atoms with E-state index in [1.54, 1.807) is 0 Å². The lowest BCUT2D eigenvalue weighted by atomic mass is 9.81. The quantitative estimate of drug-likeness (QED) is 0.0552. The molecule has 2 aliphatic heterocycles. The van der Waals surface area contributed by atoms with Gasteiger partial charge in [-0.1, -0.05) is 124 Å². The lowest BCUT2D eigenvalue weighted by Gasteiger charge is -2.27. The molecule has 0 unspecified atom stereocenters. The molecule has 0 saturated heterocycles. The van der Waals surface area contributed by atoms with Crippen LogP contribution in [-0.2, 0) is 15.6 Å². The molecule has 3 aromatic carbocycles. The van der Waals surface area contributed by atoms with Crippen molar-refractivity contribution in [2.75, 3.05) is 50.8 Å². The maximum Gasteiger partial charge on any atom is 0.219 e. The first kappa shape index (κ1) is 50.9. The van der Waals surface area contributed by atoms with E-state index in [4.69, 9.17) is 34.4 Å². The van der Waals surface area contributed by atoms with Crippen molar-refractivity contribution in [2.45, 2.75) is 136 Å². The molecule has 6 rings (SSSR count). The SMILES string of the molecule is C#CCN(CCCNC(=O)CCCCC[N+]1=C(/C=C/C2=C(Cl)C(=C/C=C3\N(CCCCCC)c4ccccc4C3(C)C)/CCC2)C(C)(C)c2ccccc21)CCCOc1ccc(C)cc1Cl.